The number of benzene rings is 1. The Morgan fingerprint density at radius 1 is 1.22 bits per heavy atom. The number of fused-ring (bicyclic) bond motifs is 3. The SMILES string of the molecule is c1ccc2c(c1)nc1snc(OC3CCCC3)n12. The first-order valence-electron chi connectivity index (χ1n) is 6.31. The van der Waals surface area contributed by atoms with E-state index in [-0.39, 0.29) is 0 Å². The van der Waals surface area contributed by atoms with Gasteiger partial charge in [-0.15, -0.1) is 4.37 Å². The number of hydrogen-bond donors (Lipinski definition) is 0. The lowest BCUT2D eigenvalue weighted by molar-refractivity contribution is 0.193. The minimum Gasteiger partial charge on any atom is -0.460 e. The van der Waals surface area contributed by atoms with Crippen LogP contribution in [-0.4, -0.2) is 19.9 Å². The van der Waals surface area contributed by atoms with Crippen molar-refractivity contribution < 1.29 is 4.74 Å². The van der Waals surface area contributed by atoms with Crippen LogP contribution in [0.2, 0.25) is 0 Å². The van der Waals surface area contributed by atoms with Crippen LogP contribution in [0.4, 0.5) is 0 Å². The molecule has 5 heteroatoms. The zero-order valence-corrected chi connectivity index (χ0v) is 10.7. The van der Waals surface area contributed by atoms with Gasteiger partial charge in [0.1, 0.15) is 6.10 Å². The van der Waals surface area contributed by atoms with E-state index in [1.165, 1.54) is 24.4 Å². The maximum Gasteiger partial charge on any atom is 0.314 e. The summed E-state index contributed by atoms with van der Waals surface area (Å²) in [6, 6.07) is 8.81. The van der Waals surface area contributed by atoms with Crippen molar-refractivity contribution in [1.29, 1.82) is 0 Å². The van der Waals surface area contributed by atoms with Crippen LogP contribution in [0.5, 0.6) is 6.01 Å². The summed E-state index contributed by atoms with van der Waals surface area (Å²) in [7, 11) is 0. The number of ether oxygens (including phenoxy) is 1. The molecule has 4 nitrogen and oxygen atoms in total. The molecule has 1 aliphatic carbocycles. The van der Waals surface area contributed by atoms with Crippen LogP contribution < -0.4 is 4.74 Å². The molecule has 92 valence electrons. The van der Waals surface area contributed by atoms with Gasteiger partial charge in [-0.25, -0.2) is 9.38 Å². The second-order valence-corrected chi connectivity index (χ2v) is 5.44. The first-order valence-corrected chi connectivity index (χ1v) is 7.09. The number of para-hydroxylation sites is 2. The summed E-state index contributed by atoms with van der Waals surface area (Å²) in [5.74, 6) is 0. The summed E-state index contributed by atoms with van der Waals surface area (Å²) in [5.41, 5.74) is 2.08. The molecule has 2 aromatic heterocycles. The molecule has 0 bridgehead atoms. The van der Waals surface area contributed by atoms with Gasteiger partial charge in [-0.05, 0) is 37.8 Å². The third kappa shape index (κ3) is 1.50. The second-order valence-electron chi connectivity index (χ2n) is 4.71. The molecule has 3 aromatic rings. The Morgan fingerprint density at radius 3 is 2.94 bits per heavy atom. The lowest BCUT2D eigenvalue weighted by atomic mass is 10.3. The molecule has 0 amide bonds. The molecular weight excluding hydrogens is 246 g/mol. The quantitative estimate of drug-likeness (QED) is 0.709. The molecule has 1 fully saturated rings. The van der Waals surface area contributed by atoms with Crippen LogP contribution in [0.3, 0.4) is 0 Å². The van der Waals surface area contributed by atoms with Gasteiger partial charge in [0.25, 0.3) is 0 Å². The van der Waals surface area contributed by atoms with E-state index in [0.29, 0.717) is 12.1 Å². The molecule has 2 heterocycles. The fourth-order valence-electron chi connectivity index (χ4n) is 2.60. The fraction of sp³-hybridized carbons (Fsp3) is 0.385. The van der Waals surface area contributed by atoms with Gasteiger partial charge in [-0.3, -0.25) is 0 Å². The van der Waals surface area contributed by atoms with E-state index in [1.807, 2.05) is 22.6 Å². The van der Waals surface area contributed by atoms with E-state index < -0.39 is 0 Å². The minimum atomic E-state index is 0.330. The first kappa shape index (κ1) is 10.3. The van der Waals surface area contributed by atoms with E-state index in [4.69, 9.17) is 4.74 Å². The van der Waals surface area contributed by atoms with Gasteiger partial charge in [0.2, 0.25) is 4.96 Å². The molecule has 0 spiro atoms. The Labute approximate surface area is 108 Å². The van der Waals surface area contributed by atoms with Crippen molar-refractivity contribution in [1.82, 2.24) is 13.8 Å². The molecule has 1 aromatic carbocycles. The summed E-state index contributed by atoms with van der Waals surface area (Å²) in [6.45, 7) is 0. The number of imidazole rings is 1. The molecule has 0 N–H and O–H groups in total. The Balaban J connectivity index is 1.84. The van der Waals surface area contributed by atoms with Crippen molar-refractivity contribution in [2.75, 3.05) is 0 Å². The van der Waals surface area contributed by atoms with Crippen LogP contribution in [0.25, 0.3) is 16.0 Å². The fourth-order valence-corrected chi connectivity index (χ4v) is 3.28. The Bertz CT molecular complexity index is 696. The van der Waals surface area contributed by atoms with Crippen LogP contribution >= 0.6 is 11.5 Å². The maximum atomic E-state index is 6.02. The van der Waals surface area contributed by atoms with Crippen molar-refractivity contribution in [3.05, 3.63) is 24.3 Å². The zero-order chi connectivity index (χ0) is 11.9. The molecular formula is C13H13N3OS. The summed E-state index contributed by atoms with van der Waals surface area (Å²) in [4.78, 5) is 5.46. The van der Waals surface area contributed by atoms with Gasteiger partial charge < -0.3 is 4.74 Å². The molecule has 0 radical (unpaired) electrons. The smallest absolute Gasteiger partial charge is 0.314 e. The summed E-state index contributed by atoms with van der Waals surface area (Å²) in [6.07, 6.45) is 5.15. The molecule has 4 rings (SSSR count). The van der Waals surface area contributed by atoms with Gasteiger partial charge in [0.05, 0.1) is 11.0 Å². The highest BCUT2D eigenvalue weighted by atomic mass is 32.1. The van der Waals surface area contributed by atoms with Crippen LogP contribution in [-0.2, 0) is 0 Å². The lowest BCUT2D eigenvalue weighted by Crippen LogP contribution is -2.12. The Hall–Kier alpha value is -1.62. The van der Waals surface area contributed by atoms with Gasteiger partial charge in [0.15, 0.2) is 0 Å². The van der Waals surface area contributed by atoms with E-state index in [0.717, 1.165) is 28.8 Å². The zero-order valence-electron chi connectivity index (χ0n) is 9.87. The summed E-state index contributed by atoms with van der Waals surface area (Å²) < 4.78 is 12.4. The highest BCUT2D eigenvalue weighted by Gasteiger charge is 2.20. The third-order valence-corrected chi connectivity index (χ3v) is 4.19. The number of nitrogens with zero attached hydrogens (tertiary/aromatic N) is 3. The third-order valence-electron chi connectivity index (χ3n) is 3.50. The van der Waals surface area contributed by atoms with E-state index in [1.54, 1.807) is 0 Å². The molecule has 0 saturated heterocycles. The maximum absolute atomic E-state index is 6.02. The average Bonchev–Trinajstić information content (AvgIpc) is 3.07. The summed E-state index contributed by atoms with van der Waals surface area (Å²) >= 11 is 1.40. The van der Waals surface area contributed by atoms with Gasteiger partial charge >= 0.3 is 6.01 Å². The van der Waals surface area contributed by atoms with Crippen molar-refractivity contribution in [3.63, 3.8) is 0 Å². The summed E-state index contributed by atoms with van der Waals surface area (Å²) in [5, 5.41) is 0. The molecule has 1 aliphatic rings. The monoisotopic (exact) mass is 259 g/mol. The van der Waals surface area contributed by atoms with Gasteiger partial charge in [0, 0.05) is 11.5 Å². The standard InChI is InChI=1S/C13H13N3OS/c1-2-6-9(5-1)17-12-15-18-13-14-10-7-3-4-8-11(10)16(12)13/h3-4,7-9H,1-2,5-6H2. The Morgan fingerprint density at radius 2 is 2.06 bits per heavy atom. The van der Waals surface area contributed by atoms with Gasteiger partial charge in [-0.2, -0.15) is 0 Å². The van der Waals surface area contributed by atoms with Crippen LogP contribution in [0.15, 0.2) is 24.3 Å². The highest BCUT2D eigenvalue weighted by Crippen LogP contribution is 2.28. The topological polar surface area (TPSA) is 39.4 Å². The second kappa shape index (κ2) is 3.95. The average molecular weight is 259 g/mol. The molecule has 0 atom stereocenters. The number of aromatic nitrogens is 3. The van der Waals surface area contributed by atoms with E-state index in [9.17, 15) is 0 Å². The van der Waals surface area contributed by atoms with Gasteiger partial charge in [-0.1, -0.05) is 12.1 Å². The molecule has 18 heavy (non-hydrogen) atoms. The van der Waals surface area contributed by atoms with Crippen molar-refractivity contribution in [3.8, 4) is 6.01 Å². The number of rotatable bonds is 2. The van der Waals surface area contributed by atoms with Crippen LogP contribution in [0.1, 0.15) is 25.7 Å². The van der Waals surface area contributed by atoms with Crippen LogP contribution in [0, 0.1) is 0 Å². The van der Waals surface area contributed by atoms with Crippen molar-refractivity contribution >= 4 is 27.5 Å². The number of hydrogen-bond acceptors (Lipinski definition) is 4. The molecule has 0 aliphatic heterocycles. The van der Waals surface area contributed by atoms with Crippen molar-refractivity contribution in [2.45, 2.75) is 31.8 Å². The predicted octanol–water partition coefficient (Wildman–Crippen LogP) is 3.27. The normalized spacial score (nSPS) is 16.9. The molecule has 1 saturated carbocycles. The lowest BCUT2D eigenvalue weighted by Gasteiger charge is -2.10. The Kier molecular flexibility index (Phi) is 2.26. The van der Waals surface area contributed by atoms with E-state index >= 15 is 0 Å². The first-order chi connectivity index (χ1) is 8.92. The largest absolute Gasteiger partial charge is 0.460 e. The highest BCUT2D eigenvalue weighted by molar-refractivity contribution is 7.11. The minimum absolute atomic E-state index is 0.330. The van der Waals surface area contributed by atoms with Crippen molar-refractivity contribution in [2.24, 2.45) is 0 Å². The van der Waals surface area contributed by atoms with E-state index in [2.05, 4.69) is 15.4 Å². The molecule has 0 unspecified atom stereocenters. The predicted molar refractivity (Wildman–Crippen MR) is 71.3 cm³/mol.